The number of hydrogen-bond donors (Lipinski definition) is 0. The minimum Gasteiger partial charge on any atom is -0.458 e. The molecule has 0 amide bonds. The van der Waals surface area contributed by atoms with Gasteiger partial charge in [0.15, 0.2) is 0 Å². The van der Waals surface area contributed by atoms with Crippen LogP contribution in [-0.2, 0) is 0 Å². The van der Waals surface area contributed by atoms with Crippen LogP contribution in [0.3, 0.4) is 0 Å². The topological polar surface area (TPSA) is 9.23 Å². The van der Waals surface area contributed by atoms with Crippen molar-refractivity contribution in [1.29, 1.82) is 0 Å². The molecule has 0 atom stereocenters. The van der Waals surface area contributed by atoms with Gasteiger partial charge in [-0.25, -0.2) is 0 Å². The quantitative estimate of drug-likeness (QED) is 0.201. The third-order valence-electron chi connectivity index (χ3n) is 9.22. The van der Waals surface area contributed by atoms with Crippen LogP contribution < -0.4 is 21.1 Å². The van der Waals surface area contributed by atoms with Gasteiger partial charge in [-0.2, -0.15) is 0 Å². The summed E-state index contributed by atoms with van der Waals surface area (Å²) < 4.78 is 6.54. The summed E-state index contributed by atoms with van der Waals surface area (Å²) in [5.74, 6) is 1.83. The molecule has 204 valence electrons. The van der Waals surface area contributed by atoms with Gasteiger partial charge in [0.2, 0.25) is 0 Å². The van der Waals surface area contributed by atoms with E-state index in [0.29, 0.717) is 0 Å². The van der Waals surface area contributed by atoms with Gasteiger partial charge in [-0.1, -0.05) is 157 Å². The Morgan fingerprint density at radius 1 is 0.341 bits per heavy atom. The van der Waals surface area contributed by atoms with E-state index in [1.54, 1.807) is 0 Å². The molecule has 0 saturated carbocycles. The Bertz CT molecular complexity index is 2600. The SMILES string of the molecule is c1ccc(-c2ccc3/c(c2B2c4ccccc4Oc4ccccc42)=c2/cccc/c2=c2\cccc\c2=c2/cccc/c2=3)cc1. The summed E-state index contributed by atoms with van der Waals surface area (Å²) >= 11 is 0. The lowest BCUT2D eigenvalue weighted by Crippen LogP contribution is -2.56. The second-order valence-electron chi connectivity index (χ2n) is 11.6. The highest BCUT2D eigenvalue weighted by Gasteiger charge is 2.34. The number of rotatable bonds is 2. The van der Waals surface area contributed by atoms with Gasteiger partial charge in [0.1, 0.15) is 11.5 Å². The fraction of sp³-hybridized carbons (Fsp3) is 0. The molecule has 0 saturated heterocycles. The Kier molecular flexibility index (Phi) is 5.67. The maximum atomic E-state index is 6.54. The van der Waals surface area contributed by atoms with E-state index in [4.69, 9.17) is 4.74 Å². The molecule has 44 heavy (non-hydrogen) atoms. The van der Waals surface area contributed by atoms with E-state index >= 15 is 0 Å². The Labute approximate surface area is 255 Å². The van der Waals surface area contributed by atoms with E-state index in [1.807, 2.05) is 0 Å². The maximum absolute atomic E-state index is 6.54. The predicted octanol–water partition coefficient (Wildman–Crippen LogP) is 7.44. The van der Waals surface area contributed by atoms with Crippen LogP contribution in [0, 0.1) is 41.7 Å². The Hall–Kier alpha value is -5.60. The average molecular weight is 558 g/mol. The standard InChI is InChI=1S/C42H27BO/c1-2-14-28(15-3-1)29-26-27-36-34-20-7-6-18-32(34)30-16-4-5-17-31(30)33-19-8-9-21-35(33)41(36)42(29)43-37-22-10-12-24-39(37)44-40-25-13-11-23-38(40)43/h1-27H/b32-30-,33-31-,36-34-,41-35+. The van der Waals surface area contributed by atoms with Crippen LogP contribution in [0.1, 0.15) is 0 Å². The van der Waals surface area contributed by atoms with Crippen LogP contribution in [0.5, 0.6) is 11.5 Å². The first kappa shape index (κ1) is 25.0. The molecule has 0 N–H and O–H groups in total. The summed E-state index contributed by atoms with van der Waals surface area (Å²) in [6, 6.07) is 59.3. The van der Waals surface area contributed by atoms with E-state index in [9.17, 15) is 0 Å². The fourth-order valence-corrected chi connectivity index (χ4v) is 7.37. The van der Waals surface area contributed by atoms with Crippen molar-refractivity contribution in [3.05, 3.63) is 206 Å². The van der Waals surface area contributed by atoms with Crippen LogP contribution >= 0.6 is 0 Å². The minimum absolute atomic E-state index is 0.0313. The van der Waals surface area contributed by atoms with Crippen molar-refractivity contribution in [3.8, 4) is 22.6 Å². The number of ether oxygens (including phenoxy) is 1. The van der Waals surface area contributed by atoms with E-state index in [1.165, 1.54) is 69.3 Å². The van der Waals surface area contributed by atoms with Crippen molar-refractivity contribution in [2.45, 2.75) is 0 Å². The third-order valence-corrected chi connectivity index (χ3v) is 9.22. The van der Waals surface area contributed by atoms with Crippen LogP contribution in [0.4, 0.5) is 0 Å². The largest absolute Gasteiger partial charge is 0.458 e. The van der Waals surface area contributed by atoms with Gasteiger partial charge >= 0.3 is 0 Å². The third kappa shape index (κ3) is 3.74. The smallest absolute Gasteiger partial charge is 0.252 e. The zero-order valence-electron chi connectivity index (χ0n) is 24.1. The Balaban J connectivity index is 1.65. The fourth-order valence-electron chi connectivity index (χ4n) is 7.37. The molecule has 2 aliphatic rings. The monoisotopic (exact) mass is 558 g/mol. The lowest BCUT2D eigenvalue weighted by Gasteiger charge is -2.28. The lowest BCUT2D eigenvalue weighted by molar-refractivity contribution is 0.487. The molecule has 7 aromatic rings. The van der Waals surface area contributed by atoms with Crippen LogP contribution in [-0.4, -0.2) is 6.71 Å². The normalized spacial score (nSPS) is 15.5. The van der Waals surface area contributed by atoms with E-state index in [2.05, 4.69) is 164 Å². The molecule has 2 heteroatoms. The van der Waals surface area contributed by atoms with Crippen molar-refractivity contribution in [2.24, 2.45) is 0 Å². The lowest BCUT2D eigenvalue weighted by atomic mass is 9.34. The zero-order valence-corrected chi connectivity index (χ0v) is 24.1. The highest BCUT2D eigenvalue weighted by molar-refractivity contribution is 6.97. The van der Waals surface area contributed by atoms with Crippen LogP contribution in [0.2, 0.25) is 0 Å². The van der Waals surface area contributed by atoms with Gasteiger partial charge in [-0.05, 0) is 75.9 Å². The second-order valence-corrected chi connectivity index (χ2v) is 11.6. The molecular formula is C42H27BO. The van der Waals surface area contributed by atoms with Gasteiger partial charge in [0, 0.05) is 0 Å². The number of para-hydroxylation sites is 2. The van der Waals surface area contributed by atoms with Crippen molar-refractivity contribution < 1.29 is 4.74 Å². The van der Waals surface area contributed by atoms with Crippen molar-refractivity contribution >= 4 is 23.1 Å². The highest BCUT2D eigenvalue weighted by Crippen LogP contribution is 2.27. The summed E-state index contributed by atoms with van der Waals surface area (Å²) in [6.45, 7) is -0.0313. The molecule has 1 aliphatic heterocycles. The van der Waals surface area contributed by atoms with Gasteiger partial charge in [-0.3, -0.25) is 0 Å². The Morgan fingerprint density at radius 2 is 0.773 bits per heavy atom. The molecule has 0 fully saturated rings. The summed E-state index contributed by atoms with van der Waals surface area (Å²) in [6.07, 6.45) is 0. The van der Waals surface area contributed by atoms with Crippen LogP contribution in [0.15, 0.2) is 164 Å². The molecule has 0 bridgehead atoms. The minimum atomic E-state index is -0.0313. The molecular weight excluding hydrogens is 531 g/mol. The first-order valence-electron chi connectivity index (χ1n) is 15.2. The number of hydrogen-bond acceptors (Lipinski definition) is 1. The van der Waals surface area contributed by atoms with E-state index in [-0.39, 0.29) is 6.71 Å². The van der Waals surface area contributed by atoms with E-state index < -0.39 is 0 Å². The van der Waals surface area contributed by atoms with Crippen molar-refractivity contribution in [2.75, 3.05) is 0 Å². The summed E-state index contributed by atoms with van der Waals surface area (Å²) in [7, 11) is 0. The number of benzene rings is 7. The first-order chi connectivity index (χ1) is 21.9. The molecule has 1 heterocycles. The number of fused-ring (bicyclic) bond motifs is 6. The molecule has 0 aromatic heterocycles. The second kappa shape index (κ2) is 10.0. The molecule has 1 nitrogen and oxygen atoms in total. The van der Waals surface area contributed by atoms with Gasteiger partial charge < -0.3 is 4.74 Å². The summed E-state index contributed by atoms with van der Waals surface area (Å²) in [4.78, 5) is 0. The van der Waals surface area contributed by atoms with Crippen LogP contribution in [0.25, 0.3) is 11.1 Å². The first-order valence-corrected chi connectivity index (χ1v) is 15.2. The van der Waals surface area contributed by atoms with Crippen molar-refractivity contribution in [3.63, 3.8) is 0 Å². The molecule has 0 radical (unpaired) electrons. The molecule has 9 rings (SSSR count). The molecule has 0 spiro atoms. The van der Waals surface area contributed by atoms with Gasteiger partial charge in [0.05, 0.1) is 0 Å². The zero-order chi connectivity index (χ0) is 29.0. The van der Waals surface area contributed by atoms with E-state index in [0.717, 1.165) is 11.5 Å². The summed E-state index contributed by atoms with van der Waals surface area (Å²) in [5.41, 5.74) is 6.12. The predicted molar refractivity (Wildman–Crippen MR) is 180 cm³/mol. The highest BCUT2D eigenvalue weighted by atomic mass is 16.5. The Morgan fingerprint density at radius 3 is 1.34 bits per heavy atom. The average Bonchev–Trinajstić information content (AvgIpc) is 3.10. The molecule has 1 aliphatic carbocycles. The van der Waals surface area contributed by atoms with Gasteiger partial charge in [-0.15, -0.1) is 0 Å². The van der Waals surface area contributed by atoms with Gasteiger partial charge in [0.25, 0.3) is 6.71 Å². The molecule has 0 unspecified atom stereocenters. The maximum Gasteiger partial charge on any atom is 0.252 e. The molecule has 7 aromatic carbocycles. The van der Waals surface area contributed by atoms with Crippen molar-refractivity contribution in [1.82, 2.24) is 0 Å². The summed E-state index contributed by atoms with van der Waals surface area (Å²) in [5, 5.41) is 10.0.